The smallest absolute Gasteiger partial charge is 0.382 e. The summed E-state index contributed by atoms with van der Waals surface area (Å²) in [5.74, 6) is -19.5. The number of alkyl halides is 8. The van der Waals surface area contributed by atoms with Crippen LogP contribution in [0.1, 0.15) is 11.1 Å². The Morgan fingerprint density at radius 1 is 1.07 bits per heavy atom. The van der Waals surface area contributed by atoms with E-state index in [0.717, 1.165) is 6.07 Å². The number of nitrogens with one attached hydrogen (secondary N) is 1. The molecular weight excluding hydrogens is 426 g/mol. The van der Waals surface area contributed by atoms with Crippen molar-refractivity contribution in [2.75, 3.05) is 18.5 Å². The number of anilines is 1. The first-order chi connectivity index (χ1) is 13.9. The standard InChI is InChI=1S/C18H13F8N3O/c19-15(20)17(23,24)18(25,26)16(21,22)12-8-13(10-4-2-1-3-5-10)29-14(11(12)9-27)28-6-7-30/h1-5,8,15,30H,6-7H2,(H,28,29). The summed E-state index contributed by atoms with van der Waals surface area (Å²) in [5, 5.41) is 20.3. The van der Waals surface area contributed by atoms with Crippen molar-refractivity contribution >= 4 is 5.82 Å². The van der Waals surface area contributed by atoms with Gasteiger partial charge in [0.05, 0.1) is 17.9 Å². The number of pyridine rings is 1. The summed E-state index contributed by atoms with van der Waals surface area (Å²) in [6.45, 7) is -0.929. The van der Waals surface area contributed by atoms with Crippen molar-refractivity contribution < 1.29 is 40.2 Å². The molecule has 0 aliphatic carbocycles. The van der Waals surface area contributed by atoms with Crippen molar-refractivity contribution in [3.05, 3.63) is 47.5 Å². The van der Waals surface area contributed by atoms with E-state index in [0.29, 0.717) is 0 Å². The molecule has 0 saturated carbocycles. The van der Waals surface area contributed by atoms with Gasteiger partial charge in [-0.05, 0) is 6.07 Å². The average molecular weight is 439 g/mol. The highest BCUT2D eigenvalue weighted by atomic mass is 19.4. The Hall–Kier alpha value is -2.94. The molecule has 0 atom stereocenters. The molecule has 1 heterocycles. The number of aromatic nitrogens is 1. The van der Waals surface area contributed by atoms with Gasteiger partial charge in [0.2, 0.25) is 0 Å². The van der Waals surface area contributed by atoms with Crippen LogP contribution in [0.5, 0.6) is 0 Å². The van der Waals surface area contributed by atoms with Crippen LogP contribution in [-0.4, -0.2) is 41.5 Å². The Labute approximate surface area is 164 Å². The molecule has 0 aliphatic rings. The van der Waals surface area contributed by atoms with Crippen LogP contribution in [0.3, 0.4) is 0 Å². The molecule has 0 saturated heterocycles. The van der Waals surface area contributed by atoms with E-state index >= 15 is 0 Å². The Morgan fingerprint density at radius 3 is 2.17 bits per heavy atom. The third kappa shape index (κ3) is 3.89. The first-order valence-corrected chi connectivity index (χ1v) is 8.19. The molecule has 30 heavy (non-hydrogen) atoms. The molecule has 162 valence electrons. The van der Waals surface area contributed by atoms with Crippen LogP contribution in [0.2, 0.25) is 0 Å². The molecule has 1 aromatic heterocycles. The molecule has 4 nitrogen and oxygen atoms in total. The van der Waals surface area contributed by atoms with E-state index in [4.69, 9.17) is 5.11 Å². The number of benzene rings is 1. The third-order valence-corrected chi connectivity index (χ3v) is 4.03. The van der Waals surface area contributed by atoms with E-state index in [1.165, 1.54) is 30.3 Å². The van der Waals surface area contributed by atoms with Gasteiger partial charge in [0, 0.05) is 12.1 Å². The lowest BCUT2D eigenvalue weighted by atomic mass is 9.92. The van der Waals surface area contributed by atoms with Gasteiger partial charge in [-0.3, -0.25) is 0 Å². The minimum atomic E-state index is -6.54. The SMILES string of the molecule is N#Cc1c(C(F)(F)C(F)(F)C(F)(F)C(F)F)cc(-c2ccccc2)nc1NCCO. The highest BCUT2D eigenvalue weighted by Gasteiger charge is 2.76. The maximum atomic E-state index is 14.6. The van der Waals surface area contributed by atoms with Gasteiger partial charge >= 0.3 is 24.2 Å². The number of hydrogen-bond donors (Lipinski definition) is 2. The lowest BCUT2D eigenvalue weighted by Crippen LogP contribution is -2.56. The van der Waals surface area contributed by atoms with Crippen molar-refractivity contribution in [3.8, 4) is 17.3 Å². The number of nitrogens with zero attached hydrogens (tertiary/aromatic N) is 2. The molecule has 0 amide bonds. The monoisotopic (exact) mass is 439 g/mol. The second kappa shape index (κ2) is 8.43. The van der Waals surface area contributed by atoms with Crippen LogP contribution < -0.4 is 5.32 Å². The quantitative estimate of drug-likeness (QED) is 0.588. The van der Waals surface area contributed by atoms with E-state index in [2.05, 4.69) is 10.3 Å². The molecule has 0 radical (unpaired) electrons. The van der Waals surface area contributed by atoms with Crippen LogP contribution in [0.25, 0.3) is 11.3 Å². The second-order valence-electron chi connectivity index (χ2n) is 5.98. The zero-order valence-electron chi connectivity index (χ0n) is 14.8. The maximum Gasteiger partial charge on any atom is 0.382 e. The van der Waals surface area contributed by atoms with Crippen molar-refractivity contribution in [2.24, 2.45) is 0 Å². The first-order valence-electron chi connectivity index (χ1n) is 8.19. The molecule has 0 aliphatic heterocycles. The summed E-state index contributed by atoms with van der Waals surface area (Å²) in [4.78, 5) is 3.85. The van der Waals surface area contributed by atoms with Gasteiger partial charge in [-0.25, -0.2) is 13.8 Å². The fourth-order valence-corrected chi connectivity index (χ4v) is 2.48. The third-order valence-electron chi connectivity index (χ3n) is 4.03. The largest absolute Gasteiger partial charge is 0.395 e. The fraction of sp³-hybridized carbons (Fsp3) is 0.333. The van der Waals surface area contributed by atoms with E-state index in [9.17, 15) is 40.4 Å². The zero-order chi connectivity index (χ0) is 22.7. The predicted octanol–water partition coefficient (Wildman–Crippen LogP) is 4.65. The molecule has 0 unspecified atom stereocenters. The van der Waals surface area contributed by atoms with E-state index in [-0.39, 0.29) is 18.2 Å². The number of halogens is 8. The van der Waals surface area contributed by atoms with Crippen molar-refractivity contribution in [3.63, 3.8) is 0 Å². The molecule has 0 bridgehead atoms. The molecule has 0 fully saturated rings. The van der Waals surface area contributed by atoms with Crippen LogP contribution in [0, 0.1) is 11.3 Å². The lowest BCUT2D eigenvalue weighted by molar-refractivity contribution is -0.343. The number of nitriles is 1. The molecule has 2 rings (SSSR count). The average Bonchev–Trinajstić information content (AvgIpc) is 2.71. The Morgan fingerprint density at radius 2 is 1.67 bits per heavy atom. The minimum Gasteiger partial charge on any atom is -0.395 e. The lowest BCUT2D eigenvalue weighted by Gasteiger charge is -2.33. The Balaban J connectivity index is 2.80. The van der Waals surface area contributed by atoms with Crippen molar-refractivity contribution in [1.82, 2.24) is 4.98 Å². The topological polar surface area (TPSA) is 68.9 Å². The second-order valence-corrected chi connectivity index (χ2v) is 5.98. The van der Waals surface area contributed by atoms with Crippen LogP contribution >= 0.6 is 0 Å². The van der Waals surface area contributed by atoms with E-state index < -0.39 is 53.4 Å². The van der Waals surface area contributed by atoms with Crippen molar-refractivity contribution in [1.29, 1.82) is 5.26 Å². The van der Waals surface area contributed by atoms with E-state index in [1.807, 2.05) is 0 Å². The molecule has 2 N–H and O–H groups in total. The molecule has 0 spiro atoms. The highest BCUT2D eigenvalue weighted by molar-refractivity contribution is 5.68. The normalized spacial score (nSPS) is 12.7. The molecule has 1 aromatic carbocycles. The zero-order valence-corrected chi connectivity index (χ0v) is 14.8. The molecular formula is C18H13F8N3O. The molecule has 12 heteroatoms. The Bertz CT molecular complexity index is 929. The van der Waals surface area contributed by atoms with Gasteiger partial charge in [0.25, 0.3) is 0 Å². The van der Waals surface area contributed by atoms with Crippen LogP contribution in [0.4, 0.5) is 40.9 Å². The Kier molecular flexibility index (Phi) is 6.56. The van der Waals surface area contributed by atoms with Crippen LogP contribution in [-0.2, 0) is 5.92 Å². The first kappa shape index (κ1) is 23.3. The van der Waals surface area contributed by atoms with Gasteiger partial charge in [0.15, 0.2) is 0 Å². The number of aliphatic hydroxyl groups excluding tert-OH is 1. The van der Waals surface area contributed by atoms with Crippen LogP contribution in [0.15, 0.2) is 36.4 Å². The van der Waals surface area contributed by atoms with Crippen molar-refractivity contribution in [2.45, 2.75) is 24.2 Å². The summed E-state index contributed by atoms with van der Waals surface area (Å²) < 4.78 is 109. The number of aliphatic hydroxyl groups is 1. The minimum absolute atomic E-state index is 0.0926. The predicted molar refractivity (Wildman–Crippen MR) is 89.8 cm³/mol. The number of hydrogen-bond acceptors (Lipinski definition) is 4. The van der Waals surface area contributed by atoms with Gasteiger partial charge in [-0.15, -0.1) is 0 Å². The summed E-state index contributed by atoms with van der Waals surface area (Å²) >= 11 is 0. The number of rotatable bonds is 8. The van der Waals surface area contributed by atoms with Gasteiger partial charge in [0.1, 0.15) is 17.5 Å². The van der Waals surface area contributed by atoms with Gasteiger partial charge in [-0.2, -0.15) is 31.6 Å². The summed E-state index contributed by atoms with van der Waals surface area (Å²) in [7, 11) is 0. The maximum absolute atomic E-state index is 14.6. The fourth-order valence-electron chi connectivity index (χ4n) is 2.48. The summed E-state index contributed by atoms with van der Waals surface area (Å²) in [6.07, 6.45) is -5.09. The van der Waals surface area contributed by atoms with E-state index in [1.54, 1.807) is 0 Å². The highest BCUT2D eigenvalue weighted by Crippen LogP contribution is 2.54. The van der Waals surface area contributed by atoms with Gasteiger partial charge in [-0.1, -0.05) is 30.3 Å². The molecule has 2 aromatic rings. The summed E-state index contributed by atoms with van der Waals surface area (Å²) in [5.41, 5.74) is -3.49. The van der Waals surface area contributed by atoms with Gasteiger partial charge < -0.3 is 10.4 Å². The summed E-state index contributed by atoms with van der Waals surface area (Å²) in [6, 6.07) is 8.50.